The van der Waals surface area contributed by atoms with Crippen LogP contribution in [0, 0.1) is 0 Å². The number of hydrogen-bond acceptors (Lipinski definition) is 5. The second kappa shape index (κ2) is 10.4. The fourth-order valence-corrected chi connectivity index (χ4v) is 3.81. The van der Waals surface area contributed by atoms with Gasteiger partial charge in [-0.2, -0.15) is 0 Å². The van der Waals surface area contributed by atoms with Crippen LogP contribution in [-0.2, 0) is 12.3 Å². The molecule has 162 valence electrons. The minimum Gasteiger partial charge on any atom is -0.467 e. The summed E-state index contributed by atoms with van der Waals surface area (Å²) in [5.74, 6) is 1.25. The highest BCUT2D eigenvalue weighted by molar-refractivity contribution is 7.98. The van der Waals surface area contributed by atoms with Crippen molar-refractivity contribution in [3.05, 3.63) is 102 Å². The fraction of sp³-hybridized carbons (Fsp3) is 0.0833. The molecule has 0 aliphatic heterocycles. The topological polar surface area (TPSA) is 96.5 Å². The zero-order valence-electron chi connectivity index (χ0n) is 17.0. The van der Waals surface area contributed by atoms with Gasteiger partial charge in [0.1, 0.15) is 5.76 Å². The Labute approximate surface area is 189 Å². The lowest BCUT2D eigenvalue weighted by Gasteiger charge is -2.09. The molecule has 0 atom stereocenters. The number of carbonyl (C=O) groups excluding carboxylic acids is 2. The first-order chi connectivity index (χ1) is 15.7. The van der Waals surface area contributed by atoms with Crippen LogP contribution in [0.1, 0.15) is 21.9 Å². The van der Waals surface area contributed by atoms with Crippen LogP contribution in [0.2, 0.25) is 0 Å². The summed E-state index contributed by atoms with van der Waals surface area (Å²) in [5, 5.41) is 8.25. The van der Waals surface area contributed by atoms with E-state index in [1.54, 1.807) is 60.5 Å². The van der Waals surface area contributed by atoms with Gasteiger partial charge in [-0.15, -0.1) is 11.8 Å². The van der Waals surface area contributed by atoms with Crippen molar-refractivity contribution in [3.63, 3.8) is 0 Å². The molecule has 0 spiro atoms. The molecule has 0 aliphatic rings. The maximum atomic E-state index is 12.7. The van der Waals surface area contributed by atoms with Crippen LogP contribution >= 0.6 is 11.8 Å². The number of thioether (sulfide) groups is 1. The minimum atomic E-state index is -0.352. The third-order valence-electron chi connectivity index (χ3n) is 4.49. The van der Waals surface area contributed by atoms with Crippen LogP contribution in [0.25, 0.3) is 0 Å². The Morgan fingerprint density at radius 3 is 2.25 bits per heavy atom. The van der Waals surface area contributed by atoms with E-state index in [0.29, 0.717) is 29.4 Å². The molecule has 2 heterocycles. The summed E-state index contributed by atoms with van der Waals surface area (Å²) in [5.41, 5.74) is 2.01. The van der Waals surface area contributed by atoms with Crippen LogP contribution in [-0.4, -0.2) is 11.9 Å². The predicted molar refractivity (Wildman–Crippen MR) is 124 cm³/mol. The molecule has 4 rings (SSSR count). The Morgan fingerprint density at radius 1 is 0.781 bits per heavy atom. The molecule has 3 N–H and O–H groups in total. The molecule has 2 aromatic carbocycles. The van der Waals surface area contributed by atoms with Crippen molar-refractivity contribution in [1.82, 2.24) is 5.32 Å². The van der Waals surface area contributed by atoms with Crippen LogP contribution in [0.4, 0.5) is 16.2 Å². The molecule has 0 radical (unpaired) electrons. The molecule has 0 aliphatic carbocycles. The third kappa shape index (κ3) is 5.83. The lowest BCUT2D eigenvalue weighted by molar-refractivity contribution is 0.0995. The summed E-state index contributed by atoms with van der Waals surface area (Å²) in [7, 11) is 0. The second-order valence-electron chi connectivity index (χ2n) is 6.80. The standard InChI is InChI=1S/C24H21N3O4S/c28-23(22-17(12-14-31-22)16-32-21-6-2-1-3-7-21)26-18-8-10-19(11-9-18)27-24(29)25-15-20-5-4-13-30-20/h1-14H,15-16H2,(H,26,28)(H2,25,27,29). The third-order valence-corrected chi connectivity index (χ3v) is 5.56. The molecule has 8 heteroatoms. The molecule has 3 amide bonds. The Balaban J connectivity index is 1.29. The van der Waals surface area contributed by atoms with E-state index in [1.165, 1.54) is 6.26 Å². The van der Waals surface area contributed by atoms with Crippen molar-refractivity contribution < 1.29 is 18.4 Å². The normalized spacial score (nSPS) is 10.5. The number of amides is 3. The van der Waals surface area contributed by atoms with E-state index < -0.39 is 0 Å². The molecule has 0 saturated carbocycles. The van der Waals surface area contributed by atoms with Crippen LogP contribution in [0.15, 0.2) is 99.1 Å². The molecule has 0 bridgehead atoms. The van der Waals surface area contributed by atoms with Gasteiger partial charge in [-0.25, -0.2) is 4.79 Å². The van der Waals surface area contributed by atoms with Gasteiger partial charge in [-0.1, -0.05) is 18.2 Å². The van der Waals surface area contributed by atoms with Gasteiger partial charge in [-0.3, -0.25) is 4.79 Å². The molecule has 0 fully saturated rings. The van der Waals surface area contributed by atoms with Crippen molar-refractivity contribution in [2.24, 2.45) is 0 Å². The van der Waals surface area contributed by atoms with Crippen molar-refractivity contribution in [1.29, 1.82) is 0 Å². The van der Waals surface area contributed by atoms with E-state index in [9.17, 15) is 9.59 Å². The quantitative estimate of drug-likeness (QED) is 0.299. The predicted octanol–water partition coefficient (Wildman–Crippen LogP) is 5.74. The first kappa shape index (κ1) is 21.3. The molecule has 32 heavy (non-hydrogen) atoms. The second-order valence-corrected chi connectivity index (χ2v) is 7.84. The minimum absolute atomic E-state index is 0.285. The Hall–Kier alpha value is -3.91. The largest absolute Gasteiger partial charge is 0.467 e. The monoisotopic (exact) mass is 447 g/mol. The van der Waals surface area contributed by atoms with Crippen LogP contribution < -0.4 is 16.0 Å². The van der Waals surface area contributed by atoms with E-state index in [2.05, 4.69) is 16.0 Å². The Bertz CT molecular complexity index is 1160. The van der Waals surface area contributed by atoms with E-state index in [0.717, 1.165) is 10.5 Å². The van der Waals surface area contributed by atoms with Gasteiger partial charge in [0.05, 0.1) is 19.1 Å². The van der Waals surface area contributed by atoms with Crippen molar-refractivity contribution >= 4 is 35.1 Å². The first-order valence-electron chi connectivity index (χ1n) is 9.90. The molecule has 0 saturated heterocycles. The fourth-order valence-electron chi connectivity index (χ4n) is 2.91. The molecule has 7 nitrogen and oxygen atoms in total. The van der Waals surface area contributed by atoms with Gasteiger partial charge in [0.25, 0.3) is 5.91 Å². The van der Waals surface area contributed by atoms with Gasteiger partial charge in [0, 0.05) is 27.6 Å². The number of nitrogens with one attached hydrogen (secondary N) is 3. The Kier molecular flexibility index (Phi) is 6.94. The highest BCUT2D eigenvalue weighted by Crippen LogP contribution is 2.25. The van der Waals surface area contributed by atoms with Crippen molar-refractivity contribution in [2.75, 3.05) is 10.6 Å². The Morgan fingerprint density at radius 2 is 1.53 bits per heavy atom. The van der Waals surface area contributed by atoms with Crippen molar-refractivity contribution in [3.8, 4) is 0 Å². The number of furan rings is 2. The number of benzene rings is 2. The van der Waals surface area contributed by atoms with Gasteiger partial charge < -0.3 is 24.8 Å². The van der Waals surface area contributed by atoms with E-state index in [-0.39, 0.29) is 17.7 Å². The number of rotatable bonds is 8. The highest BCUT2D eigenvalue weighted by Gasteiger charge is 2.16. The summed E-state index contributed by atoms with van der Waals surface area (Å²) in [6.45, 7) is 0.293. The summed E-state index contributed by atoms with van der Waals surface area (Å²) in [6, 6.07) is 21.8. The van der Waals surface area contributed by atoms with E-state index in [1.807, 2.05) is 30.3 Å². The van der Waals surface area contributed by atoms with Crippen LogP contribution in [0.5, 0.6) is 0 Å². The zero-order chi connectivity index (χ0) is 22.2. The highest BCUT2D eigenvalue weighted by atomic mass is 32.2. The summed E-state index contributed by atoms with van der Waals surface area (Å²) < 4.78 is 10.6. The summed E-state index contributed by atoms with van der Waals surface area (Å²) in [6.07, 6.45) is 3.07. The molecular formula is C24H21N3O4S. The lowest BCUT2D eigenvalue weighted by atomic mass is 10.2. The number of hydrogen-bond donors (Lipinski definition) is 3. The van der Waals surface area contributed by atoms with Gasteiger partial charge in [-0.05, 0) is 54.6 Å². The molecular weight excluding hydrogens is 426 g/mol. The molecule has 2 aromatic heterocycles. The number of urea groups is 1. The van der Waals surface area contributed by atoms with Gasteiger partial charge in [0.2, 0.25) is 0 Å². The smallest absolute Gasteiger partial charge is 0.319 e. The maximum absolute atomic E-state index is 12.7. The maximum Gasteiger partial charge on any atom is 0.319 e. The number of carbonyl (C=O) groups is 2. The van der Waals surface area contributed by atoms with Crippen LogP contribution in [0.3, 0.4) is 0 Å². The lowest BCUT2D eigenvalue weighted by Crippen LogP contribution is -2.27. The molecule has 0 unspecified atom stereocenters. The summed E-state index contributed by atoms with van der Waals surface area (Å²) >= 11 is 1.63. The average molecular weight is 448 g/mol. The first-order valence-corrected chi connectivity index (χ1v) is 10.9. The SMILES string of the molecule is O=C(NCc1ccco1)Nc1ccc(NC(=O)c2occc2CSc2ccccc2)cc1. The van der Waals surface area contributed by atoms with E-state index >= 15 is 0 Å². The average Bonchev–Trinajstić information content (AvgIpc) is 3.50. The number of anilines is 2. The zero-order valence-corrected chi connectivity index (χ0v) is 17.9. The summed E-state index contributed by atoms with van der Waals surface area (Å²) in [4.78, 5) is 25.8. The van der Waals surface area contributed by atoms with E-state index in [4.69, 9.17) is 8.83 Å². The van der Waals surface area contributed by atoms with Gasteiger partial charge in [0.15, 0.2) is 5.76 Å². The molecule has 4 aromatic rings. The van der Waals surface area contributed by atoms with Gasteiger partial charge >= 0.3 is 6.03 Å². The van der Waals surface area contributed by atoms with Crippen molar-refractivity contribution in [2.45, 2.75) is 17.2 Å².